The van der Waals surface area contributed by atoms with Gasteiger partial charge < -0.3 is 4.90 Å². The molecule has 1 atom stereocenters. The summed E-state index contributed by atoms with van der Waals surface area (Å²) in [5.74, 6) is 1.54. The minimum absolute atomic E-state index is 0.439. The monoisotopic (exact) mass is 243 g/mol. The number of rotatable bonds is 4. The third-order valence-corrected chi connectivity index (χ3v) is 3.91. The molecule has 2 aromatic heterocycles. The predicted octanol–water partition coefficient (Wildman–Crippen LogP) is 2.38. The molecule has 3 rings (SSSR count). The van der Waals surface area contributed by atoms with Gasteiger partial charge in [-0.3, -0.25) is 9.20 Å². The molecule has 2 aromatic rings. The Hall–Kier alpha value is -1.84. The van der Waals surface area contributed by atoms with Crippen LogP contribution in [0, 0.1) is 5.92 Å². The van der Waals surface area contributed by atoms with Crippen LogP contribution in [-0.2, 0) is 0 Å². The molecule has 1 unspecified atom stereocenters. The zero-order chi connectivity index (χ0) is 12.7. The third-order valence-electron chi connectivity index (χ3n) is 3.91. The molecule has 4 nitrogen and oxygen atoms in total. The molecule has 1 aliphatic rings. The van der Waals surface area contributed by atoms with Gasteiger partial charge in [-0.15, -0.1) is 0 Å². The molecule has 0 amide bonds. The Balaban J connectivity index is 2.07. The molecule has 0 spiro atoms. The standard InChI is InChI=1S/C14H17N3O/c1-10(11-6-7-11)16(2)14-12(9-18)17-8-4-3-5-13(17)15-14/h3-5,8-11H,6-7H2,1-2H3. The van der Waals surface area contributed by atoms with Crippen molar-refractivity contribution in [2.45, 2.75) is 25.8 Å². The summed E-state index contributed by atoms with van der Waals surface area (Å²) in [6, 6.07) is 6.21. The van der Waals surface area contributed by atoms with Crippen LogP contribution in [0.5, 0.6) is 0 Å². The first-order chi connectivity index (χ1) is 8.72. The van der Waals surface area contributed by atoms with Crippen molar-refractivity contribution >= 4 is 17.8 Å². The van der Waals surface area contributed by atoms with E-state index in [-0.39, 0.29) is 0 Å². The van der Waals surface area contributed by atoms with Crippen LogP contribution in [0.15, 0.2) is 24.4 Å². The van der Waals surface area contributed by atoms with E-state index in [1.807, 2.05) is 35.8 Å². The molecule has 0 radical (unpaired) electrons. The van der Waals surface area contributed by atoms with Gasteiger partial charge in [0.25, 0.3) is 0 Å². The number of aromatic nitrogens is 2. The van der Waals surface area contributed by atoms with Gasteiger partial charge in [-0.25, -0.2) is 4.98 Å². The minimum Gasteiger partial charge on any atom is -0.355 e. The van der Waals surface area contributed by atoms with Crippen molar-refractivity contribution in [1.29, 1.82) is 0 Å². The van der Waals surface area contributed by atoms with E-state index in [2.05, 4.69) is 16.8 Å². The van der Waals surface area contributed by atoms with Gasteiger partial charge in [0.2, 0.25) is 0 Å². The maximum Gasteiger partial charge on any atom is 0.170 e. The lowest BCUT2D eigenvalue weighted by atomic mass is 10.2. The maximum absolute atomic E-state index is 11.3. The van der Waals surface area contributed by atoms with Crippen LogP contribution in [-0.4, -0.2) is 28.8 Å². The summed E-state index contributed by atoms with van der Waals surface area (Å²) in [4.78, 5) is 18.0. The van der Waals surface area contributed by atoms with E-state index in [0.29, 0.717) is 11.7 Å². The van der Waals surface area contributed by atoms with Crippen LogP contribution < -0.4 is 4.90 Å². The van der Waals surface area contributed by atoms with Crippen LogP contribution in [0.25, 0.3) is 5.65 Å². The Morgan fingerprint density at radius 2 is 2.28 bits per heavy atom. The van der Waals surface area contributed by atoms with E-state index in [0.717, 1.165) is 23.7 Å². The number of anilines is 1. The fourth-order valence-electron chi connectivity index (χ4n) is 2.46. The lowest BCUT2D eigenvalue weighted by Crippen LogP contribution is -2.31. The SMILES string of the molecule is CC(C1CC1)N(C)c1nc2ccccn2c1C=O. The molecule has 1 saturated carbocycles. The highest BCUT2D eigenvalue weighted by atomic mass is 16.1. The second-order valence-corrected chi connectivity index (χ2v) is 5.06. The summed E-state index contributed by atoms with van der Waals surface area (Å²) in [5.41, 5.74) is 1.46. The molecule has 0 bridgehead atoms. The fraction of sp³-hybridized carbons (Fsp3) is 0.429. The first-order valence-electron chi connectivity index (χ1n) is 6.37. The Labute approximate surface area is 106 Å². The molecule has 0 saturated heterocycles. The van der Waals surface area contributed by atoms with E-state index in [4.69, 9.17) is 0 Å². The number of hydrogen-bond acceptors (Lipinski definition) is 3. The van der Waals surface area contributed by atoms with Gasteiger partial charge in [0, 0.05) is 19.3 Å². The number of carbonyl (C=O) groups is 1. The molecule has 0 aliphatic heterocycles. The molecule has 4 heteroatoms. The summed E-state index contributed by atoms with van der Waals surface area (Å²) in [7, 11) is 2.03. The number of pyridine rings is 1. The molecule has 0 N–H and O–H groups in total. The van der Waals surface area contributed by atoms with E-state index < -0.39 is 0 Å². The number of imidazole rings is 1. The number of aldehydes is 1. The third kappa shape index (κ3) is 1.68. The lowest BCUT2D eigenvalue weighted by Gasteiger charge is -2.25. The normalized spacial score (nSPS) is 16.8. The number of hydrogen-bond donors (Lipinski definition) is 0. The summed E-state index contributed by atoms with van der Waals surface area (Å²) in [6.07, 6.45) is 5.35. The highest BCUT2D eigenvalue weighted by Crippen LogP contribution is 2.36. The molecule has 94 valence electrons. The van der Waals surface area contributed by atoms with Gasteiger partial charge in [-0.1, -0.05) is 6.07 Å². The molecule has 18 heavy (non-hydrogen) atoms. The second kappa shape index (κ2) is 4.12. The van der Waals surface area contributed by atoms with Crippen molar-refractivity contribution in [2.75, 3.05) is 11.9 Å². The smallest absolute Gasteiger partial charge is 0.170 e. The summed E-state index contributed by atoms with van der Waals surface area (Å²) >= 11 is 0. The van der Waals surface area contributed by atoms with Crippen molar-refractivity contribution in [3.63, 3.8) is 0 Å². The Morgan fingerprint density at radius 1 is 1.50 bits per heavy atom. The van der Waals surface area contributed by atoms with Gasteiger partial charge in [0.15, 0.2) is 12.1 Å². The van der Waals surface area contributed by atoms with Crippen LogP contribution >= 0.6 is 0 Å². The number of carbonyl (C=O) groups excluding carboxylic acids is 1. The second-order valence-electron chi connectivity index (χ2n) is 5.06. The van der Waals surface area contributed by atoms with Crippen LogP contribution in [0.2, 0.25) is 0 Å². The average molecular weight is 243 g/mol. The van der Waals surface area contributed by atoms with Crippen LogP contribution in [0.1, 0.15) is 30.3 Å². The highest BCUT2D eigenvalue weighted by molar-refractivity contribution is 5.83. The number of nitrogens with zero attached hydrogens (tertiary/aromatic N) is 3. The van der Waals surface area contributed by atoms with E-state index in [9.17, 15) is 4.79 Å². The lowest BCUT2D eigenvalue weighted by molar-refractivity contribution is 0.111. The average Bonchev–Trinajstić information content (AvgIpc) is 3.17. The van der Waals surface area contributed by atoms with Crippen molar-refractivity contribution < 1.29 is 4.79 Å². The zero-order valence-corrected chi connectivity index (χ0v) is 10.7. The quantitative estimate of drug-likeness (QED) is 0.774. The zero-order valence-electron chi connectivity index (χ0n) is 10.7. The largest absolute Gasteiger partial charge is 0.355 e. The van der Waals surface area contributed by atoms with Crippen molar-refractivity contribution in [3.8, 4) is 0 Å². The Kier molecular flexibility index (Phi) is 2.58. The van der Waals surface area contributed by atoms with Crippen molar-refractivity contribution in [2.24, 2.45) is 5.92 Å². The van der Waals surface area contributed by atoms with Gasteiger partial charge in [0.1, 0.15) is 11.3 Å². The topological polar surface area (TPSA) is 37.6 Å². The molecule has 0 aromatic carbocycles. The van der Waals surface area contributed by atoms with Gasteiger partial charge >= 0.3 is 0 Å². The van der Waals surface area contributed by atoms with Gasteiger partial charge in [-0.2, -0.15) is 0 Å². The summed E-state index contributed by atoms with van der Waals surface area (Å²) < 4.78 is 1.85. The van der Waals surface area contributed by atoms with Crippen molar-refractivity contribution in [3.05, 3.63) is 30.1 Å². The highest BCUT2D eigenvalue weighted by Gasteiger charge is 2.32. The first kappa shape index (κ1) is 11.3. The molecule has 1 fully saturated rings. The van der Waals surface area contributed by atoms with Gasteiger partial charge in [-0.05, 0) is 37.8 Å². The molecular weight excluding hydrogens is 226 g/mol. The summed E-state index contributed by atoms with van der Waals surface area (Å²) in [5, 5.41) is 0. The predicted molar refractivity (Wildman–Crippen MR) is 71.2 cm³/mol. The van der Waals surface area contributed by atoms with Crippen LogP contribution in [0.3, 0.4) is 0 Å². The molecular formula is C14H17N3O. The van der Waals surface area contributed by atoms with Gasteiger partial charge in [0.05, 0.1) is 0 Å². The number of fused-ring (bicyclic) bond motifs is 1. The summed E-state index contributed by atoms with van der Waals surface area (Å²) in [6.45, 7) is 2.20. The van der Waals surface area contributed by atoms with E-state index >= 15 is 0 Å². The Morgan fingerprint density at radius 3 is 2.94 bits per heavy atom. The van der Waals surface area contributed by atoms with Crippen molar-refractivity contribution in [1.82, 2.24) is 9.38 Å². The fourth-order valence-corrected chi connectivity index (χ4v) is 2.46. The minimum atomic E-state index is 0.439. The Bertz CT molecular complexity index is 586. The van der Waals surface area contributed by atoms with E-state index in [1.54, 1.807) is 0 Å². The van der Waals surface area contributed by atoms with Crippen LogP contribution in [0.4, 0.5) is 5.82 Å². The maximum atomic E-state index is 11.3. The van der Waals surface area contributed by atoms with E-state index in [1.165, 1.54) is 12.8 Å². The first-order valence-corrected chi connectivity index (χ1v) is 6.37. The molecule has 1 aliphatic carbocycles. The molecule has 2 heterocycles.